The minimum absolute atomic E-state index is 0.0582. The van der Waals surface area contributed by atoms with Crippen LogP contribution in [0.3, 0.4) is 0 Å². The number of ether oxygens (including phenoxy) is 1. The molecule has 0 fully saturated rings. The summed E-state index contributed by atoms with van der Waals surface area (Å²) >= 11 is 1.66. The van der Waals surface area contributed by atoms with Crippen molar-refractivity contribution in [2.75, 3.05) is 7.11 Å². The smallest absolute Gasteiger partial charge is 0.124 e. The van der Waals surface area contributed by atoms with Crippen LogP contribution in [0.1, 0.15) is 23.6 Å². The first-order valence-corrected chi connectivity index (χ1v) is 7.90. The van der Waals surface area contributed by atoms with E-state index in [9.17, 15) is 4.39 Å². The molecule has 2 aromatic carbocycles. The lowest BCUT2D eigenvalue weighted by atomic mass is 9.87. The monoisotopic (exact) mass is 303 g/mol. The van der Waals surface area contributed by atoms with E-state index < -0.39 is 0 Å². The largest absolute Gasteiger partial charge is 0.497 e. The van der Waals surface area contributed by atoms with Crippen LogP contribution in [0.25, 0.3) is 0 Å². The minimum atomic E-state index is -0.202. The van der Waals surface area contributed by atoms with E-state index in [0.29, 0.717) is 0 Å². The maximum absolute atomic E-state index is 13.3. The lowest BCUT2D eigenvalue weighted by molar-refractivity contribution is 0.412. The third-order valence-corrected chi connectivity index (χ3v) is 5.25. The number of hydrogen-bond donors (Lipinski definition) is 1. The third kappa shape index (κ3) is 3.06. The van der Waals surface area contributed by atoms with Crippen LogP contribution in [0.15, 0.2) is 47.4 Å². The van der Waals surface area contributed by atoms with E-state index in [4.69, 9.17) is 10.5 Å². The van der Waals surface area contributed by atoms with Crippen molar-refractivity contribution in [2.24, 2.45) is 5.73 Å². The molecule has 2 N–H and O–H groups in total. The predicted molar refractivity (Wildman–Crippen MR) is 84.3 cm³/mol. The highest BCUT2D eigenvalue weighted by Crippen LogP contribution is 2.40. The van der Waals surface area contributed by atoms with E-state index in [2.05, 4.69) is 6.07 Å². The van der Waals surface area contributed by atoms with Crippen LogP contribution in [-0.4, -0.2) is 12.4 Å². The summed E-state index contributed by atoms with van der Waals surface area (Å²) in [5, 5.41) is 0.256. The van der Waals surface area contributed by atoms with Gasteiger partial charge in [-0.15, -0.1) is 11.8 Å². The van der Waals surface area contributed by atoms with E-state index in [1.807, 2.05) is 18.2 Å². The number of fused-ring (bicyclic) bond motifs is 1. The summed E-state index contributed by atoms with van der Waals surface area (Å²) < 4.78 is 18.6. The van der Waals surface area contributed by atoms with E-state index in [0.717, 1.165) is 29.1 Å². The van der Waals surface area contributed by atoms with E-state index >= 15 is 0 Å². The fourth-order valence-corrected chi connectivity index (χ4v) is 3.98. The van der Waals surface area contributed by atoms with Gasteiger partial charge in [-0.3, -0.25) is 0 Å². The highest BCUT2D eigenvalue weighted by molar-refractivity contribution is 8.00. The molecule has 0 bridgehead atoms. The molecule has 0 amide bonds. The van der Waals surface area contributed by atoms with Gasteiger partial charge in [0.05, 0.1) is 7.11 Å². The summed E-state index contributed by atoms with van der Waals surface area (Å²) in [5.41, 5.74) is 8.87. The lowest BCUT2D eigenvalue weighted by Gasteiger charge is -2.31. The van der Waals surface area contributed by atoms with Gasteiger partial charge >= 0.3 is 0 Å². The number of hydrogen-bond acceptors (Lipinski definition) is 3. The first-order chi connectivity index (χ1) is 10.2. The van der Waals surface area contributed by atoms with Gasteiger partial charge in [0, 0.05) is 16.2 Å². The maximum Gasteiger partial charge on any atom is 0.124 e. The summed E-state index contributed by atoms with van der Waals surface area (Å²) in [4.78, 5) is 0.932. The standard InChI is InChI=1S/C17H18FNOS/c1-20-13-7-5-11-6-8-16(17(19)15(11)10-13)21-14-4-2-3-12(18)9-14/h2-5,7,9-10,16-17H,6,8,19H2,1H3. The summed E-state index contributed by atoms with van der Waals surface area (Å²) in [6.45, 7) is 0. The fraction of sp³-hybridized carbons (Fsp3) is 0.294. The maximum atomic E-state index is 13.3. The Labute approximate surface area is 128 Å². The molecule has 0 radical (unpaired) electrons. The molecule has 2 atom stereocenters. The van der Waals surface area contributed by atoms with Crippen LogP contribution in [0.4, 0.5) is 4.39 Å². The molecular weight excluding hydrogens is 285 g/mol. The van der Waals surface area contributed by atoms with Crippen molar-refractivity contribution in [1.29, 1.82) is 0 Å². The molecule has 2 nitrogen and oxygen atoms in total. The molecule has 1 aliphatic rings. The molecule has 0 aromatic heterocycles. The summed E-state index contributed by atoms with van der Waals surface area (Å²) in [6.07, 6.45) is 2.00. The highest BCUT2D eigenvalue weighted by Gasteiger charge is 2.28. The molecule has 0 heterocycles. The zero-order valence-electron chi connectivity index (χ0n) is 11.9. The highest BCUT2D eigenvalue weighted by atomic mass is 32.2. The number of methoxy groups -OCH3 is 1. The van der Waals surface area contributed by atoms with E-state index in [-0.39, 0.29) is 17.1 Å². The summed E-state index contributed by atoms with van der Waals surface area (Å²) in [6, 6.07) is 12.7. The van der Waals surface area contributed by atoms with Gasteiger partial charge in [0.15, 0.2) is 0 Å². The van der Waals surface area contributed by atoms with Gasteiger partial charge in [-0.2, -0.15) is 0 Å². The SMILES string of the molecule is COc1ccc2c(c1)C(N)C(Sc1cccc(F)c1)CC2. The molecular formula is C17H18FNOS. The molecule has 21 heavy (non-hydrogen) atoms. The molecule has 0 spiro atoms. The van der Waals surface area contributed by atoms with Crippen LogP contribution in [0.5, 0.6) is 5.75 Å². The Kier molecular flexibility index (Phi) is 4.17. The Balaban J connectivity index is 1.82. The third-order valence-electron chi connectivity index (χ3n) is 3.89. The van der Waals surface area contributed by atoms with Crippen molar-refractivity contribution in [2.45, 2.75) is 29.0 Å². The number of thioether (sulfide) groups is 1. The minimum Gasteiger partial charge on any atom is -0.497 e. The second-order valence-electron chi connectivity index (χ2n) is 5.24. The molecule has 0 saturated heterocycles. The average molecular weight is 303 g/mol. The number of rotatable bonds is 3. The van der Waals surface area contributed by atoms with Crippen LogP contribution in [0, 0.1) is 5.82 Å². The van der Waals surface area contributed by atoms with Gasteiger partial charge < -0.3 is 10.5 Å². The van der Waals surface area contributed by atoms with Gasteiger partial charge in [-0.25, -0.2) is 4.39 Å². The van der Waals surface area contributed by atoms with Crippen molar-refractivity contribution in [3.63, 3.8) is 0 Å². The van der Waals surface area contributed by atoms with Crippen molar-refractivity contribution in [1.82, 2.24) is 0 Å². The average Bonchev–Trinajstić information content (AvgIpc) is 2.50. The van der Waals surface area contributed by atoms with Gasteiger partial charge in [0.25, 0.3) is 0 Å². The number of aryl methyl sites for hydroxylation is 1. The first-order valence-electron chi connectivity index (χ1n) is 7.02. The molecule has 3 rings (SSSR count). The molecule has 0 aliphatic heterocycles. The topological polar surface area (TPSA) is 35.2 Å². The molecule has 4 heteroatoms. The molecule has 0 saturated carbocycles. The Morgan fingerprint density at radius 3 is 2.86 bits per heavy atom. The Morgan fingerprint density at radius 2 is 2.10 bits per heavy atom. The number of benzene rings is 2. The second kappa shape index (κ2) is 6.08. The van der Waals surface area contributed by atoms with E-state index in [1.54, 1.807) is 31.0 Å². The van der Waals surface area contributed by atoms with Gasteiger partial charge in [0.1, 0.15) is 11.6 Å². The summed E-state index contributed by atoms with van der Waals surface area (Å²) in [7, 11) is 1.66. The van der Waals surface area contributed by atoms with Gasteiger partial charge in [-0.1, -0.05) is 12.1 Å². The van der Waals surface area contributed by atoms with Crippen LogP contribution in [0.2, 0.25) is 0 Å². The normalized spacial score (nSPS) is 20.9. The van der Waals surface area contributed by atoms with Crippen LogP contribution in [-0.2, 0) is 6.42 Å². The predicted octanol–water partition coefficient (Wildman–Crippen LogP) is 3.94. The van der Waals surface area contributed by atoms with Crippen molar-refractivity contribution in [3.05, 3.63) is 59.4 Å². The summed E-state index contributed by atoms with van der Waals surface area (Å²) in [5.74, 6) is 0.632. The second-order valence-corrected chi connectivity index (χ2v) is 6.56. The molecule has 2 aromatic rings. The fourth-order valence-electron chi connectivity index (χ4n) is 2.76. The van der Waals surface area contributed by atoms with Crippen molar-refractivity contribution < 1.29 is 9.13 Å². The van der Waals surface area contributed by atoms with Crippen LogP contribution < -0.4 is 10.5 Å². The van der Waals surface area contributed by atoms with Crippen molar-refractivity contribution in [3.8, 4) is 5.75 Å². The molecule has 1 aliphatic carbocycles. The van der Waals surface area contributed by atoms with Gasteiger partial charge in [0.2, 0.25) is 0 Å². The lowest BCUT2D eigenvalue weighted by Crippen LogP contribution is -2.29. The first kappa shape index (κ1) is 14.4. The molecule has 110 valence electrons. The van der Waals surface area contributed by atoms with E-state index in [1.165, 1.54) is 11.6 Å². The zero-order chi connectivity index (χ0) is 14.8. The quantitative estimate of drug-likeness (QED) is 0.932. The Morgan fingerprint density at radius 1 is 1.24 bits per heavy atom. The van der Waals surface area contributed by atoms with Crippen LogP contribution >= 0.6 is 11.8 Å². The number of nitrogens with two attached hydrogens (primary N) is 1. The molecule has 2 unspecified atom stereocenters. The zero-order valence-corrected chi connectivity index (χ0v) is 12.7. The van der Waals surface area contributed by atoms with Crippen molar-refractivity contribution >= 4 is 11.8 Å². The number of halogens is 1. The van der Waals surface area contributed by atoms with Gasteiger partial charge in [-0.05, 0) is 54.3 Å². The Hall–Kier alpha value is -1.52. The Bertz CT molecular complexity index is 646.